The van der Waals surface area contributed by atoms with Crippen molar-refractivity contribution >= 4 is 67.2 Å². The molecule has 0 bridgehead atoms. The second-order valence-corrected chi connectivity index (χ2v) is 20.8. The summed E-state index contributed by atoms with van der Waals surface area (Å²) in [4.78, 5) is -0.659. The van der Waals surface area contributed by atoms with Gasteiger partial charge in [0.15, 0.2) is 5.98 Å². The van der Waals surface area contributed by atoms with E-state index in [1.165, 1.54) is 29.5 Å². The zero-order valence-electron chi connectivity index (χ0n) is 34.5. The lowest BCUT2D eigenvalue weighted by atomic mass is 9.80. The van der Waals surface area contributed by atoms with Gasteiger partial charge in [0.1, 0.15) is 10.5 Å². The highest BCUT2D eigenvalue weighted by Crippen LogP contribution is 2.51. The molecule has 0 aliphatic heterocycles. The van der Waals surface area contributed by atoms with Gasteiger partial charge in [-0.05, 0) is 81.5 Å². The quantitative estimate of drug-likeness (QED) is 0.0735. The van der Waals surface area contributed by atoms with Crippen molar-refractivity contribution in [1.29, 1.82) is 0 Å². The standard InChI is InChI=1S/C22H21Cl.C22H22O.C9H11Br.Cl3P/c2*1-2-9-18-14-16-21(17-15-18)22(23,19-10-5-3-6-11-19)20-12-7-4-8-13-20;1-2-3-8-4-6-9(10)7-5-8;1-4(2)3/h3-8,10-17H,2,9H2,1H3;3-8,10-17,23H,2,9H2,1H3;4-7H,2-3H2,1H3;. The third-order valence-corrected chi connectivity index (χ3v) is 11.2. The average molecular weight is 960 g/mol. The van der Waals surface area contributed by atoms with Crippen LogP contribution in [0.3, 0.4) is 0 Å². The molecule has 0 saturated heterocycles. The van der Waals surface area contributed by atoms with E-state index in [4.69, 9.17) is 45.3 Å². The summed E-state index contributed by atoms with van der Waals surface area (Å²) < 4.78 is 1.16. The van der Waals surface area contributed by atoms with Crippen molar-refractivity contribution in [3.63, 3.8) is 0 Å². The van der Waals surface area contributed by atoms with E-state index < -0.39 is 16.5 Å². The van der Waals surface area contributed by atoms with Crippen molar-refractivity contribution in [2.75, 3.05) is 0 Å². The van der Waals surface area contributed by atoms with Crippen molar-refractivity contribution in [1.82, 2.24) is 0 Å². The Kier molecular flexibility index (Phi) is 21.4. The number of hydrogen-bond donors (Lipinski definition) is 1. The van der Waals surface area contributed by atoms with Crippen LogP contribution in [0.1, 0.15) is 90.1 Å². The molecule has 7 aromatic rings. The van der Waals surface area contributed by atoms with E-state index in [1.807, 2.05) is 109 Å². The van der Waals surface area contributed by atoms with Crippen LogP contribution in [-0.4, -0.2) is 5.11 Å². The summed E-state index contributed by atoms with van der Waals surface area (Å²) in [6, 6.07) is 65.9. The Balaban J connectivity index is 0.000000202. The van der Waals surface area contributed by atoms with Gasteiger partial charge in [-0.2, -0.15) is 0 Å². The molecule has 0 heterocycles. The molecule has 7 aromatic carbocycles. The van der Waals surface area contributed by atoms with Crippen LogP contribution in [-0.2, 0) is 29.7 Å². The van der Waals surface area contributed by atoms with Crippen LogP contribution < -0.4 is 0 Å². The van der Waals surface area contributed by atoms with Crippen LogP contribution in [0.4, 0.5) is 0 Å². The molecule has 0 aliphatic carbocycles. The summed E-state index contributed by atoms with van der Waals surface area (Å²) in [5.74, 6) is -1.20. The number of rotatable bonds is 12. The first kappa shape index (κ1) is 49.2. The SMILES string of the molecule is CCCc1ccc(Br)cc1.CCCc1ccc(C(Cl)(c2ccccc2)c2ccccc2)cc1.CCCc1ccc(C(O)(c2ccccc2)c2ccccc2)cc1.ClP(Cl)Cl. The monoisotopic (exact) mass is 956 g/mol. The Bertz CT molecular complexity index is 1970. The number of benzene rings is 7. The number of aryl methyl sites for hydroxylation is 3. The highest BCUT2D eigenvalue weighted by molar-refractivity contribution is 9.10. The molecule has 60 heavy (non-hydrogen) atoms. The van der Waals surface area contributed by atoms with E-state index >= 15 is 0 Å². The molecule has 0 atom stereocenters. The predicted molar refractivity (Wildman–Crippen MR) is 267 cm³/mol. The van der Waals surface area contributed by atoms with Gasteiger partial charge in [-0.25, -0.2) is 0 Å². The summed E-state index contributed by atoms with van der Waals surface area (Å²) in [6.07, 6.45) is 6.86. The van der Waals surface area contributed by atoms with Crippen LogP contribution in [0.5, 0.6) is 0 Å². The molecular weight excluding hydrogens is 905 g/mol. The topological polar surface area (TPSA) is 20.2 Å². The minimum atomic E-state index is -1.20. The van der Waals surface area contributed by atoms with Crippen LogP contribution >= 0.6 is 67.2 Å². The Hall–Kier alpha value is -3.43. The molecule has 0 amide bonds. The van der Waals surface area contributed by atoms with Gasteiger partial charge >= 0.3 is 0 Å². The maximum atomic E-state index is 11.6. The summed E-state index contributed by atoms with van der Waals surface area (Å²) in [6.45, 7) is 6.58. The van der Waals surface area contributed by atoms with E-state index in [1.54, 1.807) is 0 Å². The minimum absolute atomic E-state index is 0.659. The summed E-state index contributed by atoms with van der Waals surface area (Å²) in [5.41, 5.74) is 8.91. The molecule has 0 saturated carbocycles. The van der Waals surface area contributed by atoms with Crippen LogP contribution in [0.2, 0.25) is 0 Å². The van der Waals surface area contributed by atoms with Crippen molar-refractivity contribution in [2.24, 2.45) is 0 Å². The lowest BCUT2D eigenvalue weighted by Crippen LogP contribution is -2.28. The first-order chi connectivity index (χ1) is 29.1. The molecule has 312 valence electrons. The third kappa shape index (κ3) is 14.6. The van der Waals surface area contributed by atoms with Crippen molar-refractivity contribution in [2.45, 2.75) is 69.8 Å². The van der Waals surface area contributed by atoms with Gasteiger partial charge in [0.25, 0.3) is 0 Å². The largest absolute Gasteiger partial charge is 0.376 e. The van der Waals surface area contributed by atoms with Gasteiger partial charge in [0.05, 0.1) is 0 Å². The summed E-state index contributed by atoms with van der Waals surface area (Å²) in [5, 5.41) is 11.6. The number of hydrogen-bond acceptors (Lipinski definition) is 1. The second-order valence-electron chi connectivity index (χ2n) is 14.3. The van der Waals surface area contributed by atoms with Crippen molar-refractivity contribution in [3.05, 3.63) is 249 Å². The van der Waals surface area contributed by atoms with E-state index in [0.29, 0.717) is 0 Å². The Morgan fingerprint density at radius 2 is 0.633 bits per heavy atom. The maximum Gasteiger partial charge on any atom is 0.179 e. The molecule has 0 radical (unpaired) electrons. The van der Waals surface area contributed by atoms with E-state index in [-0.39, 0.29) is 0 Å². The van der Waals surface area contributed by atoms with Crippen molar-refractivity contribution in [3.8, 4) is 0 Å². The highest BCUT2D eigenvalue weighted by Gasteiger charge is 2.34. The number of alkyl halides is 1. The van der Waals surface area contributed by atoms with Gasteiger partial charge < -0.3 is 5.11 Å². The van der Waals surface area contributed by atoms with Gasteiger partial charge in [-0.1, -0.05) is 272 Å². The van der Waals surface area contributed by atoms with Gasteiger partial charge in [0.2, 0.25) is 0 Å². The number of halogens is 5. The molecule has 0 spiro atoms. The van der Waals surface area contributed by atoms with Crippen LogP contribution in [0.15, 0.2) is 199 Å². The first-order valence-electron chi connectivity index (χ1n) is 20.4. The summed E-state index contributed by atoms with van der Waals surface area (Å²) in [7, 11) is 0. The van der Waals surface area contributed by atoms with Gasteiger partial charge in [0, 0.05) is 4.47 Å². The van der Waals surface area contributed by atoms with Crippen LogP contribution in [0, 0.1) is 0 Å². The fraction of sp³-hybridized carbons (Fsp3) is 0.208. The fourth-order valence-electron chi connectivity index (χ4n) is 7.03. The van der Waals surface area contributed by atoms with E-state index in [9.17, 15) is 5.11 Å². The lowest BCUT2D eigenvalue weighted by molar-refractivity contribution is 0.125. The molecule has 1 nitrogen and oxygen atoms in total. The molecular formula is C53H54BrCl4OP. The molecule has 0 fully saturated rings. The molecule has 1 N–H and O–H groups in total. The second kappa shape index (κ2) is 26.1. The highest BCUT2D eigenvalue weighted by atomic mass is 79.9. The van der Waals surface area contributed by atoms with E-state index in [2.05, 4.69) is 122 Å². The molecule has 0 aromatic heterocycles. The van der Waals surface area contributed by atoms with Gasteiger partial charge in [-0.3, -0.25) is 0 Å². The number of aliphatic hydroxyl groups is 1. The van der Waals surface area contributed by atoms with Crippen LogP contribution in [0.25, 0.3) is 0 Å². The molecule has 0 unspecified atom stereocenters. The lowest BCUT2D eigenvalue weighted by Gasteiger charge is -2.30. The minimum Gasteiger partial charge on any atom is -0.376 e. The average Bonchev–Trinajstić information content (AvgIpc) is 3.29. The Labute approximate surface area is 388 Å². The molecule has 7 rings (SSSR count). The zero-order valence-corrected chi connectivity index (χ0v) is 40.0. The Morgan fingerprint density at radius 3 is 0.933 bits per heavy atom. The molecule has 0 aliphatic rings. The van der Waals surface area contributed by atoms with E-state index in [0.717, 1.165) is 63.5 Å². The maximum absolute atomic E-state index is 11.6. The Morgan fingerprint density at radius 1 is 0.400 bits per heavy atom. The van der Waals surface area contributed by atoms with Gasteiger partial charge in [-0.15, -0.1) is 11.6 Å². The summed E-state index contributed by atoms with van der Waals surface area (Å²) >= 11 is 25.3. The fourth-order valence-corrected chi connectivity index (χ4v) is 7.67. The first-order valence-corrected chi connectivity index (χ1v) is 25.6. The zero-order chi connectivity index (χ0) is 43.2. The predicted octanol–water partition coefficient (Wildman–Crippen LogP) is 17.4. The normalized spacial score (nSPS) is 11.0. The third-order valence-electron chi connectivity index (χ3n) is 9.98. The van der Waals surface area contributed by atoms with Crippen molar-refractivity contribution < 1.29 is 5.11 Å². The smallest absolute Gasteiger partial charge is 0.179 e. The molecule has 7 heteroatoms.